The number of amides is 1. The van der Waals surface area contributed by atoms with Crippen molar-refractivity contribution in [3.8, 4) is 0 Å². The highest BCUT2D eigenvalue weighted by Crippen LogP contribution is 2.19. The second kappa shape index (κ2) is 5.97. The van der Waals surface area contributed by atoms with Crippen LogP contribution in [0.1, 0.15) is 12.7 Å². The van der Waals surface area contributed by atoms with Gasteiger partial charge in [0.1, 0.15) is 18.2 Å². The molecule has 0 saturated carbocycles. The Kier molecular flexibility index (Phi) is 4.31. The first-order chi connectivity index (χ1) is 9.10. The largest absolute Gasteiger partial charge is 0.326 e. The standard InChI is InChI=1S/C13H13BrFN3O/c1-2-12-16-5-6-18(12)8-13(19)17-11-4-3-9(14)7-10(11)15/h3-7H,2,8H2,1H3,(H,17,19). The molecule has 100 valence electrons. The van der Waals surface area contributed by atoms with Crippen molar-refractivity contribution in [2.45, 2.75) is 19.9 Å². The molecule has 0 aliphatic heterocycles. The van der Waals surface area contributed by atoms with Crippen molar-refractivity contribution >= 4 is 27.5 Å². The lowest BCUT2D eigenvalue weighted by Crippen LogP contribution is -2.20. The third-order valence-electron chi connectivity index (χ3n) is 2.64. The molecule has 1 aromatic heterocycles. The Morgan fingerprint density at radius 2 is 2.32 bits per heavy atom. The number of rotatable bonds is 4. The van der Waals surface area contributed by atoms with E-state index < -0.39 is 5.82 Å². The summed E-state index contributed by atoms with van der Waals surface area (Å²) < 4.78 is 15.9. The molecule has 1 aromatic carbocycles. The zero-order valence-corrected chi connectivity index (χ0v) is 11.9. The van der Waals surface area contributed by atoms with Crippen molar-refractivity contribution in [2.75, 3.05) is 5.32 Å². The average molecular weight is 326 g/mol. The Morgan fingerprint density at radius 3 is 3.00 bits per heavy atom. The SMILES string of the molecule is CCc1nccn1CC(=O)Nc1ccc(Br)cc1F. The lowest BCUT2D eigenvalue weighted by atomic mass is 10.3. The number of hydrogen-bond donors (Lipinski definition) is 1. The third-order valence-corrected chi connectivity index (χ3v) is 3.13. The van der Waals surface area contributed by atoms with Crippen LogP contribution in [0.2, 0.25) is 0 Å². The Morgan fingerprint density at radius 1 is 1.53 bits per heavy atom. The second-order valence-electron chi connectivity index (χ2n) is 4.00. The highest BCUT2D eigenvalue weighted by Gasteiger charge is 2.09. The van der Waals surface area contributed by atoms with E-state index in [1.165, 1.54) is 12.1 Å². The van der Waals surface area contributed by atoms with E-state index in [-0.39, 0.29) is 18.1 Å². The van der Waals surface area contributed by atoms with E-state index >= 15 is 0 Å². The number of nitrogens with zero attached hydrogens (tertiary/aromatic N) is 2. The minimum absolute atomic E-state index is 0.124. The molecule has 2 rings (SSSR count). The topological polar surface area (TPSA) is 46.9 Å². The molecule has 6 heteroatoms. The first-order valence-corrected chi connectivity index (χ1v) is 6.64. The zero-order valence-electron chi connectivity index (χ0n) is 10.4. The molecule has 1 heterocycles. The average Bonchev–Trinajstić information content (AvgIpc) is 2.80. The van der Waals surface area contributed by atoms with Crippen LogP contribution in [0, 0.1) is 5.82 Å². The van der Waals surface area contributed by atoms with Crippen molar-refractivity contribution in [1.29, 1.82) is 0 Å². The van der Waals surface area contributed by atoms with Gasteiger partial charge in [-0.15, -0.1) is 0 Å². The van der Waals surface area contributed by atoms with Gasteiger partial charge in [-0.2, -0.15) is 0 Å². The van der Waals surface area contributed by atoms with Gasteiger partial charge in [0, 0.05) is 23.3 Å². The summed E-state index contributed by atoms with van der Waals surface area (Å²) in [5, 5.41) is 2.54. The van der Waals surface area contributed by atoms with Crippen molar-refractivity contribution in [2.24, 2.45) is 0 Å². The molecule has 1 N–H and O–H groups in total. The molecule has 1 amide bonds. The van der Waals surface area contributed by atoms with E-state index in [2.05, 4.69) is 26.2 Å². The van der Waals surface area contributed by atoms with E-state index in [0.29, 0.717) is 4.47 Å². The maximum Gasteiger partial charge on any atom is 0.244 e. The van der Waals surface area contributed by atoms with Gasteiger partial charge in [0.25, 0.3) is 0 Å². The normalized spacial score (nSPS) is 10.5. The number of anilines is 1. The molecule has 2 aromatic rings. The van der Waals surface area contributed by atoms with Crippen LogP contribution in [0.3, 0.4) is 0 Å². The van der Waals surface area contributed by atoms with Gasteiger partial charge in [-0.3, -0.25) is 4.79 Å². The summed E-state index contributed by atoms with van der Waals surface area (Å²) in [6.45, 7) is 2.09. The van der Waals surface area contributed by atoms with Crippen LogP contribution >= 0.6 is 15.9 Å². The summed E-state index contributed by atoms with van der Waals surface area (Å²) in [4.78, 5) is 16.0. The number of aryl methyl sites for hydroxylation is 1. The highest BCUT2D eigenvalue weighted by molar-refractivity contribution is 9.10. The summed E-state index contributed by atoms with van der Waals surface area (Å²) in [6.07, 6.45) is 4.12. The van der Waals surface area contributed by atoms with Crippen molar-refractivity contribution in [1.82, 2.24) is 9.55 Å². The van der Waals surface area contributed by atoms with E-state index in [1.807, 2.05) is 6.92 Å². The van der Waals surface area contributed by atoms with Crippen molar-refractivity contribution in [3.05, 3.63) is 46.7 Å². The number of halogens is 2. The predicted molar refractivity (Wildman–Crippen MR) is 74.3 cm³/mol. The van der Waals surface area contributed by atoms with Crippen molar-refractivity contribution < 1.29 is 9.18 Å². The first kappa shape index (κ1) is 13.7. The second-order valence-corrected chi connectivity index (χ2v) is 4.91. The molecule has 0 radical (unpaired) electrons. The zero-order chi connectivity index (χ0) is 13.8. The monoisotopic (exact) mass is 325 g/mol. The molecule has 0 saturated heterocycles. The van der Waals surface area contributed by atoms with Gasteiger partial charge in [0.05, 0.1) is 5.69 Å². The number of nitrogens with one attached hydrogen (secondary N) is 1. The molecule has 0 atom stereocenters. The van der Waals surface area contributed by atoms with E-state index in [1.54, 1.807) is 23.0 Å². The molecule has 0 aliphatic carbocycles. The van der Waals surface area contributed by atoms with Crippen LogP contribution in [-0.2, 0) is 17.8 Å². The van der Waals surface area contributed by atoms with Gasteiger partial charge in [0.15, 0.2) is 0 Å². The minimum atomic E-state index is -0.468. The number of carbonyl (C=O) groups excluding carboxylic acids is 1. The fourth-order valence-corrected chi connectivity index (χ4v) is 2.07. The highest BCUT2D eigenvalue weighted by atomic mass is 79.9. The number of hydrogen-bond acceptors (Lipinski definition) is 2. The van der Waals surface area contributed by atoms with Crippen LogP contribution in [-0.4, -0.2) is 15.5 Å². The van der Waals surface area contributed by atoms with Gasteiger partial charge < -0.3 is 9.88 Å². The molecule has 19 heavy (non-hydrogen) atoms. The van der Waals surface area contributed by atoms with Crippen LogP contribution < -0.4 is 5.32 Å². The summed E-state index contributed by atoms with van der Waals surface area (Å²) in [5.74, 6) is 0.0735. The summed E-state index contributed by atoms with van der Waals surface area (Å²) >= 11 is 3.16. The Hall–Kier alpha value is -1.69. The molecule has 0 aliphatic rings. The maximum absolute atomic E-state index is 13.6. The van der Waals surface area contributed by atoms with E-state index in [0.717, 1.165) is 12.2 Å². The lowest BCUT2D eigenvalue weighted by molar-refractivity contribution is -0.116. The number of carbonyl (C=O) groups is 1. The van der Waals surface area contributed by atoms with Crippen LogP contribution in [0.4, 0.5) is 10.1 Å². The maximum atomic E-state index is 13.6. The van der Waals surface area contributed by atoms with Gasteiger partial charge in [-0.05, 0) is 18.2 Å². The van der Waals surface area contributed by atoms with Crippen LogP contribution in [0.5, 0.6) is 0 Å². The fourth-order valence-electron chi connectivity index (χ4n) is 1.73. The van der Waals surface area contributed by atoms with Gasteiger partial charge >= 0.3 is 0 Å². The quantitative estimate of drug-likeness (QED) is 0.939. The lowest BCUT2D eigenvalue weighted by Gasteiger charge is -2.09. The smallest absolute Gasteiger partial charge is 0.244 e. The molecular formula is C13H13BrFN3O. The Bertz CT molecular complexity index is 597. The number of aromatic nitrogens is 2. The molecule has 0 bridgehead atoms. The molecular weight excluding hydrogens is 313 g/mol. The third kappa shape index (κ3) is 3.41. The number of imidazole rings is 1. The number of benzene rings is 1. The van der Waals surface area contributed by atoms with Gasteiger partial charge in [-0.25, -0.2) is 9.37 Å². The summed E-state index contributed by atoms with van der Waals surface area (Å²) in [6, 6.07) is 4.50. The first-order valence-electron chi connectivity index (χ1n) is 5.85. The molecule has 4 nitrogen and oxygen atoms in total. The van der Waals surface area contributed by atoms with Gasteiger partial charge in [0.2, 0.25) is 5.91 Å². The minimum Gasteiger partial charge on any atom is -0.326 e. The van der Waals surface area contributed by atoms with E-state index in [9.17, 15) is 9.18 Å². The van der Waals surface area contributed by atoms with Crippen LogP contribution in [0.25, 0.3) is 0 Å². The molecule has 0 spiro atoms. The predicted octanol–water partition coefficient (Wildman–Crippen LogP) is 2.99. The van der Waals surface area contributed by atoms with Crippen molar-refractivity contribution in [3.63, 3.8) is 0 Å². The fraction of sp³-hybridized carbons (Fsp3) is 0.231. The Balaban J connectivity index is 2.05. The van der Waals surface area contributed by atoms with Crippen LogP contribution in [0.15, 0.2) is 35.1 Å². The molecule has 0 unspecified atom stereocenters. The summed E-state index contributed by atoms with van der Waals surface area (Å²) in [7, 11) is 0. The summed E-state index contributed by atoms with van der Waals surface area (Å²) in [5.41, 5.74) is 0.173. The molecule has 0 fully saturated rings. The Labute approximate surface area is 118 Å². The van der Waals surface area contributed by atoms with E-state index in [4.69, 9.17) is 0 Å². The van der Waals surface area contributed by atoms with Gasteiger partial charge in [-0.1, -0.05) is 22.9 Å².